The molecular weight excluding hydrogens is 366 g/mol. The summed E-state index contributed by atoms with van der Waals surface area (Å²) >= 11 is 0. The summed E-state index contributed by atoms with van der Waals surface area (Å²) in [6.45, 7) is 0.00233. The first kappa shape index (κ1) is 18.0. The lowest BCUT2D eigenvalue weighted by Gasteiger charge is -2.41. The van der Waals surface area contributed by atoms with Crippen molar-refractivity contribution in [2.24, 2.45) is 0 Å². The molecular formula is C19H17N3O6. The number of carboxylic acid groups (broad SMARTS) is 1. The summed E-state index contributed by atoms with van der Waals surface area (Å²) in [6, 6.07) is 4.32. The van der Waals surface area contributed by atoms with Crippen molar-refractivity contribution in [3.8, 4) is 11.8 Å². The van der Waals surface area contributed by atoms with Crippen molar-refractivity contribution in [2.75, 3.05) is 13.1 Å². The Kier molecular flexibility index (Phi) is 4.08. The maximum Gasteiger partial charge on any atom is 0.407 e. The van der Waals surface area contributed by atoms with Gasteiger partial charge in [-0.3, -0.25) is 19.7 Å². The molecule has 3 aliphatic heterocycles. The number of rotatable bonds is 1. The minimum absolute atomic E-state index is 0.0916. The zero-order valence-electron chi connectivity index (χ0n) is 14.8. The zero-order chi connectivity index (χ0) is 20.1. The standard InChI is InChI=1S/C19H17N3O6/c23-15-5-4-14(16(24)20-15)22-8-13-11(2-1-3-12(13)17(22)25)6-7-19(28)9-21(10-19)18(26)27/h1-3,14,28H,4-5,8-10H2,(H,26,27)(H,20,23,24). The molecule has 0 bridgehead atoms. The van der Waals surface area contributed by atoms with Crippen LogP contribution in [-0.2, 0) is 16.1 Å². The third-order valence-corrected chi connectivity index (χ3v) is 5.19. The Morgan fingerprint density at radius 1 is 1.25 bits per heavy atom. The Bertz CT molecular complexity index is 970. The second-order valence-corrected chi connectivity index (χ2v) is 7.15. The van der Waals surface area contributed by atoms with Gasteiger partial charge in [-0.2, -0.15) is 0 Å². The van der Waals surface area contributed by atoms with Crippen LogP contribution in [0.5, 0.6) is 0 Å². The summed E-state index contributed by atoms with van der Waals surface area (Å²) in [5.41, 5.74) is 0.224. The minimum Gasteiger partial charge on any atom is -0.465 e. The molecule has 4 rings (SSSR count). The van der Waals surface area contributed by atoms with Crippen molar-refractivity contribution in [1.82, 2.24) is 15.1 Å². The lowest BCUT2D eigenvalue weighted by atomic mass is 9.94. The van der Waals surface area contributed by atoms with E-state index in [0.717, 1.165) is 4.90 Å². The highest BCUT2D eigenvalue weighted by atomic mass is 16.4. The van der Waals surface area contributed by atoms with Gasteiger partial charge in [-0.15, -0.1) is 0 Å². The number of imide groups is 1. The molecule has 3 aliphatic rings. The number of carbonyl (C=O) groups excluding carboxylic acids is 3. The third kappa shape index (κ3) is 2.97. The van der Waals surface area contributed by atoms with Crippen LogP contribution in [0.3, 0.4) is 0 Å². The van der Waals surface area contributed by atoms with Crippen LogP contribution < -0.4 is 5.32 Å². The summed E-state index contributed by atoms with van der Waals surface area (Å²) < 4.78 is 0. The van der Waals surface area contributed by atoms with Crippen molar-refractivity contribution in [2.45, 2.75) is 31.0 Å². The van der Waals surface area contributed by atoms with Gasteiger partial charge in [0.2, 0.25) is 11.8 Å². The molecule has 2 fully saturated rings. The van der Waals surface area contributed by atoms with Crippen LogP contribution in [0, 0.1) is 11.8 Å². The monoisotopic (exact) mass is 383 g/mol. The Hall–Kier alpha value is -3.38. The highest BCUT2D eigenvalue weighted by Crippen LogP contribution is 2.30. The van der Waals surface area contributed by atoms with E-state index in [0.29, 0.717) is 16.7 Å². The molecule has 1 atom stereocenters. The van der Waals surface area contributed by atoms with E-state index in [-0.39, 0.29) is 44.3 Å². The Morgan fingerprint density at radius 3 is 2.68 bits per heavy atom. The normalized spacial score (nSPS) is 22.8. The van der Waals surface area contributed by atoms with Crippen LogP contribution in [0.4, 0.5) is 4.79 Å². The SMILES string of the molecule is O=C1CCC(N2Cc3c(C#CC4(O)CN(C(=O)O)C4)cccc3C2=O)C(=O)N1. The second kappa shape index (κ2) is 6.35. The first-order valence-electron chi connectivity index (χ1n) is 8.77. The Morgan fingerprint density at radius 2 is 2.00 bits per heavy atom. The number of likely N-dealkylation sites (tertiary alicyclic amines) is 1. The lowest BCUT2D eigenvalue weighted by Crippen LogP contribution is -2.62. The molecule has 2 saturated heterocycles. The summed E-state index contributed by atoms with van der Waals surface area (Å²) in [5.74, 6) is 4.42. The fourth-order valence-corrected chi connectivity index (χ4v) is 3.69. The van der Waals surface area contributed by atoms with Crippen LogP contribution in [0.25, 0.3) is 0 Å². The van der Waals surface area contributed by atoms with Gasteiger partial charge in [-0.05, 0) is 24.1 Å². The molecule has 9 heteroatoms. The van der Waals surface area contributed by atoms with E-state index in [1.54, 1.807) is 18.2 Å². The molecule has 4 amide bonds. The van der Waals surface area contributed by atoms with Gasteiger partial charge >= 0.3 is 6.09 Å². The maximum absolute atomic E-state index is 12.8. The molecule has 0 saturated carbocycles. The Balaban J connectivity index is 1.56. The molecule has 0 aliphatic carbocycles. The van der Waals surface area contributed by atoms with E-state index >= 15 is 0 Å². The fraction of sp³-hybridized carbons (Fsp3) is 0.368. The molecule has 0 spiro atoms. The molecule has 3 heterocycles. The van der Waals surface area contributed by atoms with Crippen molar-refractivity contribution in [3.05, 3.63) is 34.9 Å². The summed E-state index contributed by atoms with van der Waals surface area (Å²) in [6.07, 6.45) is -0.662. The van der Waals surface area contributed by atoms with Gasteiger partial charge in [0, 0.05) is 24.1 Å². The van der Waals surface area contributed by atoms with Crippen molar-refractivity contribution >= 4 is 23.8 Å². The molecule has 1 aromatic carbocycles. The Labute approximate surface area is 159 Å². The van der Waals surface area contributed by atoms with Crippen LogP contribution >= 0.6 is 0 Å². The molecule has 1 aromatic rings. The molecule has 28 heavy (non-hydrogen) atoms. The topological polar surface area (TPSA) is 127 Å². The summed E-state index contributed by atoms with van der Waals surface area (Å²) in [5, 5.41) is 21.4. The first-order chi connectivity index (χ1) is 13.3. The lowest BCUT2D eigenvalue weighted by molar-refractivity contribution is -0.136. The van der Waals surface area contributed by atoms with Crippen molar-refractivity contribution in [1.29, 1.82) is 0 Å². The summed E-state index contributed by atoms with van der Waals surface area (Å²) in [7, 11) is 0. The average Bonchev–Trinajstić information content (AvgIpc) is 2.95. The van der Waals surface area contributed by atoms with E-state index in [2.05, 4.69) is 17.2 Å². The number of carbonyl (C=O) groups is 4. The quantitative estimate of drug-likeness (QED) is 0.444. The van der Waals surface area contributed by atoms with Gasteiger partial charge in [-0.1, -0.05) is 17.9 Å². The number of fused-ring (bicyclic) bond motifs is 1. The van der Waals surface area contributed by atoms with Crippen LogP contribution in [0.15, 0.2) is 18.2 Å². The van der Waals surface area contributed by atoms with E-state index in [9.17, 15) is 24.3 Å². The smallest absolute Gasteiger partial charge is 0.407 e. The molecule has 9 nitrogen and oxygen atoms in total. The number of β-amino-alcohol motifs (C(OH)–C–C–N with tert-alkyl or cyclic N) is 1. The highest BCUT2D eigenvalue weighted by molar-refractivity contribution is 6.05. The van der Waals surface area contributed by atoms with E-state index in [1.807, 2.05) is 0 Å². The number of hydrogen-bond donors (Lipinski definition) is 3. The summed E-state index contributed by atoms with van der Waals surface area (Å²) in [4.78, 5) is 49.5. The highest BCUT2D eigenvalue weighted by Gasteiger charge is 2.43. The second-order valence-electron chi connectivity index (χ2n) is 7.15. The maximum atomic E-state index is 12.8. The van der Waals surface area contributed by atoms with Crippen LogP contribution in [-0.4, -0.2) is 68.6 Å². The number of piperidine rings is 1. The van der Waals surface area contributed by atoms with Gasteiger partial charge in [0.15, 0.2) is 5.60 Å². The number of nitrogens with zero attached hydrogens (tertiary/aromatic N) is 2. The number of aliphatic hydroxyl groups is 1. The average molecular weight is 383 g/mol. The minimum atomic E-state index is -1.41. The van der Waals surface area contributed by atoms with Gasteiger partial charge in [-0.25, -0.2) is 4.79 Å². The van der Waals surface area contributed by atoms with E-state index in [1.165, 1.54) is 4.90 Å². The number of amides is 4. The van der Waals surface area contributed by atoms with Gasteiger partial charge in [0.25, 0.3) is 5.91 Å². The number of nitrogens with one attached hydrogen (secondary N) is 1. The predicted molar refractivity (Wildman–Crippen MR) is 93.9 cm³/mol. The number of benzene rings is 1. The largest absolute Gasteiger partial charge is 0.465 e. The number of hydrogen-bond acceptors (Lipinski definition) is 5. The fourth-order valence-electron chi connectivity index (χ4n) is 3.69. The van der Waals surface area contributed by atoms with Crippen LogP contribution in [0.1, 0.15) is 34.3 Å². The molecule has 3 N–H and O–H groups in total. The predicted octanol–water partition coefficient (Wildman–Crippen LogP) is -0.476. The van der Waals surface area contributed by atoms with Crippen molar-refractivity contribution < 1.29 is 29.4 Å². The van der Waals surface area contributed by atoms with E-state index in [4.69, 9.17) is 5.11 Å². The third-order valence-electron chi connectivity index (χ3n) is 5.19. The van der Waals surface area contributed by atoms with Crippen LogP contribution in [0.2, 0.25) is 0 Å². The molecule has 0 aromatic heterocycles. The van der Waals surface area contributed by atoms with Gasteiger partial charge in [0.1, 0.15) is 6.04 Å². The first-order valence-corrected chi connectivity index (χ1v) is 8.77. The molecule has 1 unspecified atom stereocenters. The van der Waals surface area contributed by atoms with Gasteiger partial charge < -0.3 is 20.0 Å². The molecule has 0 radical (unpaired) electrons. The van der Waals surface area contributed by atoms with Crippen molar-refractivity contribution in [3.63, 3.8) is 0 Å². The molecule has 144 valence electrons. The zero-order valence-corrected chi connectivity index (χ0v) is 14.8. The van der Waals surface area contributed by atoms with Gasteiger partial charge in [0.05, 0.1) is 13.1 Å². The van der Waals surface area contributed by atoms with E-state index < -0.39 is 23.6 Å².